The molecule has 0 atom stereocenters. The molecule has 0 saturated carbocycles. The Kier molecular flexibility index (Phi) is 4.83. The monoisotopic (exact) mass is 354 g/mol. The summed E-state index contributed by atoms with van der Waals surface area (Å²) in [4.78, 5) is 32.8. The van der Waals surface area contributed by atoms with Crippen LogP contribution in [0.5, 0.6) is 0 Å². The average molecular weight is 354 g/mol. The van der Waals surface area contributed by atoms with Gasteiger partial charge in [-0.2, -0.15) is 5.10 Å². The van der Waals surface area contributed by atoms with Gasteiger partial charge in [0, 0.05) is 18.3 Å². The van der Waals surface area contributed by atoms with E-state index >= 15 is 0 Å². The van der Waals surface area contributed by atoms with Crippen molar-refractivity contribution in [2.75, 3.05) is 5.32 Å². The number of hydrogen-bond donors (Lipinski definition) is 1. The third kappa shape index (κ3) is 3.49. The van der Waals surface area contributed by atoms with E-state index in [1.54, 1.807) is 6.07 Å². The molecule has 0 radical (unpaired) electrons. The van der Waals surface area contributed by atoms with Gasteiger partial charge in [0.15, 0.2) is 0 Å². The van der Waals surface area contributed by atoms with Crippen LogP contribution in [0, 0.1) is 0 Å². The topological polar surface area (TPSA) is 94.2 Å². The highest BCUT2D eigenvalue weighted by Crippen LogP contribution is 2.20. The van der Waals surface area contributed by atoms with Gasteiger partial charge in [0.25, 0.3) is 5.56 Å². The molecule has 3 rings (SSSR count). The molecule has 1 amide bonds. The molecule has 8 heteroatoms. The zero-order chi connectivity index (χ0) is 18.8. The molecule has 0 unspecified atom stereocenters. The smallest absolute Gasteiger partial charge is 0.291 e. The summed E-state index contributed by atoms with van der Waals surface area (Å²) < 4.78 is 3.05. The summed E-state index contributed by atoms with van der Waals surface area (Å²) in [5.41, 5.74) is 1.30. The maximum absolute atomic E-state index is 12.8. The normalized spacial score (nSPS) is 11.5. The van der Waals surface area contributed by atoms with Crippen LogP contribution in [0.4, 0.5) is 5.82 Å². The molecule has 0 aliphatic heterocycles. The van der Waals surface area contributed by atoms with Crippen molar-refractivity contribution in [1.29, 1.82) is 0 Å². The number of rotatable bonds is 5. The minimum atomic E-state index is -0.368. The van der Waals surface area contributed by atoms with E-state index in [9.17, 15) is 9.59 Å². The zero-order valence-corrected chi connectivity index (χ0v) is 15.3. The Labute approximate surface area is 150 Å². The molecular formula is C18H22N6O2. The lowest BCUT2D eigenvalue weighted by atomic mass is 10.1. The molecule has 136 valence electrons. The van der Waals surface area contributed by atoms with Gasteiger partial charge in [-0.3, -0.25) is 14.0 Å². The van der Waals surface area contributed by atoms with Crippen molar-refractivity contribution in [3.05, 3.63) is 52.6 Å². The number of nitrogens with one attached hydrogen (secondary N) is 1. The Morgan fingerprint density at radius 3 is 2.62 bits per heavy atom. The number of fused-ring (bicyclic) bond motifs is 1. The Balaban J connectivity index is 1.99. The lowest BCUT2D eigenvalue weighted by Gasteiger charge is -2.12. The molecule has 0 aliphatic carbocycles. The second-order valence-corrected chi connectivity index (χ2v) is 6.80. The summed E-state index contributed by atoms with van der Waals surface area (Å²) in [6.45, 7) is 7.98. The van der Waals surface area contributed by atoms with Gasteiger partial charge in [-0.25, -0.2) is 14.6 Å². The number of nitrogens with zero attached hydrogens (tertiary/aromatic N) is 5. The summed E-state index contributed by atoms with van der Waals surface area (Å²) in [6.07, 6.45) is 4.83. The summed E-state index contributed by atoms with van der Waals surface area (Å²) in [7, 11) is 0. The molecule has 8 nitrogen and oxygen atoms in total. The minimum Gasteiger partial charge on any atom is -0.309 e. The van der Waals surface area contributed by atoms with Crippen LogP contribution >= 0.6 is 0 Å². The van der Waals surface area contributed by atoms with Crippen LogP contribution < -0.4 is 10.9 Å². The van der Waals surface area contributed by atoms with Gasteiger partial charge in [0.1, 0.15) is 30.0 Å². The van der Waals surface area contributed by atoms with E-state index in [2.05, 4.69) is 34.2 Å². The summed E-state index contributed by atoms with van der Waals surface area (Å²) in [5, 5.41) is 7.07. The lowest BCUT2D eigenvalue weighted by molar-refractivity contribution is -0.117. The molecule has 0 bridgehead atoms. The van der Waals surface area contributed by atoms with E-state index < -0.39 is 0 Å². The summed E-state index contributed by atoms with van der Waals surface area (Å²) in [6, 6.07) is 3.46. The fraction of sp³-hybridized carbons (Fsp3) is 0.389. The maximum atomic E-state index is 12.8. The number of carbonyl (C=O) groups is 1. The van der Waals surface area contributed by atoms with Gasteiger partial charge in [0.2, 0.25) is 5.91 Å². The van der Waals surface area contributed by atoms with Gasteiger partial charge in [0.05, 0.1) is 0 Å². The second-order valence-electron chi connectivity index (χ2n) is 6.80. The third-order valence-electron chi connectivity index (χ3n) is 4.09. The van der Waals surface area contributed by atoms with Crippen molar-refractivity contribution in [1.82, 2.24) is 24.1 Å². The van der Waals surface area contributed by atoms with Gasteiger partial charge in [-0.05, 0) is 23.6 Å². The van der Waals surface area contributed by atoms with E-state index in [0.29, 0.717) is 17.3 Å². The van der Waals surface area contributed by atoms with Gasteiger partial charge in [-0.1, -0.05) is 27.7 Å². The molecule has 3 heterocycles. The molecule has 0 fully saturated rings. The van der Waals surface area contributed by atoms with Crippen LogP contribution in [0.3, 0.4) is 0 Å². The van der Waals surface area contributed by atoms with Crippen molar-refractivity contribution in [3.8, 4) is 0 Å². The Hall–Kier alpha value is -3.03. The second kappa shape index (κ2) is 7.07. The van der Waals surface area contributed by atoms with E-state index in [1.165, 1.54) is 17.2 Å². The number of hydrogen-bond acceptors (Lipinski definition) is 5. The Morgan fingerprint density at radius 1 is 1.23 bits per heavy atom. The highest BCUT2D eigenvalue weighted by molar-refractivity contribution is 5.89. The fourth-order valence-corrected chi connectivity index (χ4v) is 2.69. The van der Waals surface area contributed by atoms with Crippen LogP contribution in [0.15, 0.2) is 35.6 Å². The zero-order valence-electron chi connectivity index (χ0n) is 15.3. The van der Waals surface area contributed by atoms with Crippen LogP contribution in [-0.4, -0.2) is 30.1 Å². The number of anilines is 1. The molecule has 1 N–H and O–H groups in total. The Morgan fingerprint density at radius 2 is 2.00 bits per heavy atom. The summed E-state index contributed by atoms with van der Waals surface area (Å²) >= 11 is 0. The maximum Gasteiger partial charge on any atom is 0.291 e. The van der Waals surface area contributed by atoms with E-state index in [1.807, 2.05) is 30.5 Å². The first-order chi connectivity index (χ1) is 12.4. The van der Waals surface area contributed by atoms with Crippen molar-refractivity contribution in [2.24, 2.45) is 0 Å². The predicted octanol–water partition coefficient (Wildman–Crippen LogP) is 2.17. The highest BCUT2D eigenvalue weighted by Gasteiger charge is 2.17. The molecule has 0 aromatic carbocycles. The number of aromatic nitrogens is 5. The molecular weight excluding hydrogens is 332 g/mol. The quantitative estimate of drug-likeness (QED) is 0.758. The first-order valence-corrected chi connectivity index (χ1v) is 8.55. The standard InChI is InChI=1S/C18H22N6O2/c1-11(2)13-7-14-18(26)24(22-17(12(3)4)23(14)8-13)9-16(25)21-15-5-6-19-10-20-15/h5-8,10-12H,9H2,1-4H3,(H,19,20,21,25). The van der Waals surface area contributed by atoms with Crippen molar-refractivity contribution < 1.29 is 4.79 Å². The van der Waals surface area contributed by atoms with Gasteiger partial charge in [-0.15, -0.1) is 0 Å². The average Bonchev–Trinajstić information content (AvgIpc) is 3.04. The predicted molar refractivity (Wildman–Crippen MR) is 98.3 cm³/mol. The Bertz CT molecular complexity index is 988. The van der Waals surface area contributed by atoms with E-state index in [4.69, 9.17) is 0 Å². The number of carbonyl (C=O) groups excluding carboxylic acids is 1. The molecule has 3 aromatic rings. The van der Waals surface area contributed by atoms with Gasteiger partial charge < -0.3 is 5.32 Å². The number of amides is 1. The van der Waals surface area contributed by atoms with Crippen LogP contribution in [0.1, 0.15) is 50.9 Å². The first kappa shape index (κ1) is 17.8. The van der Waals surface area contributed by atoms with E-state index in [-0.39, 0.29) is 23.9 Å². The molecule has 3 aromatic heterocycles. The van der Waals surface area contributed by atoms with Crippen molar-refractivity contribution >= 4 is 17.2 Å². The lowest BCUT2D eigenvalue weighted by Crippen LogP contribution is -2.32. The summed E-state index contributed by atoms with van der Waals surface area (Å²) in [5.74, 6) is 1.15. The molecule has 0 aliphatic rings. The van der Waals surface area contributed by atoms with Crippen molar-refractivity contribution in [3.63, 3.8) is 0 Å². The van der Waals surface area contributed by atoms with Gasteiger partial charge >= 0.3 is 0 Å². The highest BCUT2D eigenvalue weighted by atomic mass is 16.2. The van der Waals surface area contributed by atoms with E-state index in [0.717, 1.165) is 11.4 Å². The third-order valence-corrected chi connectivity index (χ3v) is 4.09. The molecule has 26 heavy (non-hydrogen) atoms. The van der Waals surface area contributed by atoms with Crippen LogP contribution in [0.2, 0.25) is 0 Å². The molecule has 0 spiro atoms. The fourth-order valence-electron chi connectivity index (χ4n) is 2.69. The SMILES string of the molecule is CC(C)c1cc2c(=O)n(CC(=O)Nc3ccncn3)nc(C(C)C)n2c1. The van der Waals surface area contributed by atoms with Crippen LogP contribution in [-0.2, 0) is 11.3 Å². The molecule has 0 saturated heterocycles. The van der Waals surface area contributed by atoms with Crippen molar-refractivity contribution in [2.45, 2.75) is 46.1 Å². The largest absolute Gasteiger partial charge is 0.309 e. The van der Waals surface area contributed by atoms with Crippen LogP contribution in [0.25, 0.3) is 5.52 Å². The minimum absolute atomic E-state index is 0.0988. The first-order valence-electron chi connectivity index (χ1n) is 8.55.